The van der Waals surface area contributed by atoms with E-state index in [0.717, 1.165) is 6.42 Å². The van der Waals surface area contributed by atoms with E-state index in [1.54, 1.807) is 0 Å². The SMILES string of the molecule is C1=C(n2c3ccccc3c3ccc(-c4cccc5ccccc45)cc32)C=C2C(C1)c1ccc(-n3c4ccccc4c4ccc(-c5cccc6ccccc56)cc43)cc1C21c2ccccc2-c2ccccc21. The third-order valence-corrected chi connectivity index (χ3v) is 16.5. The molecule has 3 aliphatic rings. The quantitative estimate of drug-likeness (QED) is 0.167. The van der Waals surface area contributed by atoms with E-state index in [-0.39, 0.29) is 5.92 Å². The molecule has 71 heavy (non-hydrogen) atoms. The lowest BCUT2D eigenvalue weighted by atomic mass is 9.68. The maximum atomic E-state index is 2.60. The van der Waals surface area contributed by atoms with Crippen LogP contribution in [0.2, 0.25) is 0 Å². The summed E-state index contributed by atoms with van der Waals surface area (Å²) >= 11 is 0. The number of para-hydroxylation sites is 2. The largest absolute Gasteiger partial charge is 0.310 e. The first-order valence-corrected chi connectivity index (χ1v) is 25.0. The van der Waals surface area contributed by atoms with Crippen molar-refractivity contribution >= 4 is 70.9 Å². The number of hydrogen-bond donors (Lipinski definition) is 0. The zero-order chi connectivity index (χ0) is 46.4. The molecule has 16 rings (SSSR count). The molecule has 1 unspecified atom stereocenters. The van der Waals surface area contributed by atoms with Gasteiger partial charge in [0.15, 0.2) is 0 Å². The molecule has 11 aromatic carbocycles. The molecule has 1 spiro atoms. The minimum Gasteiger partial charge on any atom is -0.310 e. The van der Waals surface area contributed by atoms with E-state index in [1.165, 1.54) is 138 Å². The van der Waals surface area contributed by atoms with Crippen molar-refractivity contribution in [2.24, 2.45) is 0 Å². The van der Waals surface area contributed by atoms with Gasteiger partial charge in [-0.1, -0.05) is 206 Å². The topological polar surface area (TPSA) is 9.86 Å². The Morgan fingerprint density at radius 2 is 0.831 bits per heavy atom. The fourth-order valence-electron chi connectivity index (χ4n) is 13.6. The summed E-state index contributed by atoms with van der Waals surface area (Å²) in [7, 11) is 0. The third kappa shape index (κ3) is 5.26. The fraction of sp³-hybridized carbons (Fsp3) is 0.0435. The number of hydrogen-bond acceptors (Lipinski definition) is 0. The molecule has 0 radical (unpaired) electrons. The molecular formula is C69H44N2. The van der Waals surface area contributed by atoms with Gasteiger partial charge in [0, 0.05) is 38.8 Å². The van der Waals surface area contributed by atoms with E-state index < -0.39 is 5.41 Å². The van der Waals surface area contributed by atoms with Gasteiger partial charge < -0.3 is 9.13 Å². The van der Waals surface area contributed by atoms with Crippen molar-refractivity contribution in [3.63, 3.8) is 0 Å². The van der Waals surface area contributed by atoms with E-state index in [1.807, 2.05) is 0 Å². The lowest BCUT2D eigenvalue weighted by molar-refractivity contribution is 0.707. The van der Waals surface area contributed by atoms with Gasteiger partial charge in [0.05, 0.1) is 27.5 Å². The average molecular weight is 901 g/mol. The van der Waals surface area contributed by atoms with Crippen LogP contribution in [0.4, 0.5) is 0 Å². The highest BCUT2D eigenvalue weighted by molar-refractivity contribution is 6.13. The molecular weight excluding hydrogens is 857 g/mol. The zero-order valence-corrected chi connectivity index (χ0v) is 38.9. The first-order chi connectivity index (χ1) is 35.2. The Bertz CT molecular complexity index is 4460. The molecule has 13 aromatic rings. The van der Waals surface area contributed by atoms with E-state index >= 15 is 0 Å². The normalized spacial score (nSPS) is 15.4. The van der Waals surface area contributed by atoms with Crippen molar-refractivity contribution < 1.29 is 0 Å². The summed E-state index contributed by atoms with van der Waals surface area (Å²) in [6.45, 7) is 0. The van der Waals surface area contributed by atoms with Crippen molar-refractivity contribution in [2.75, 3.05) is 0 Å². The van der Waals surface area contributed by atoms with Gasteiger partial charge in [-0.25, -0.2) is 0 Å². The van der Waals surface area contributed by atoms with Crippen LogP contribution in [0.25, 0.3) is 110 Å². The minimum absolute atomic E-state index is 0.206. The highest BCUT2D eigenvalue weighted by atomic mass is 15.0. The van der Waals surface area contributed by atoms with Gasteiger partial charge >= 0.3 is 0 Å². The second kappa shape index (κ2) is 14.5. The standard InChI is InChI=1S/C69H44N2/c1-3-19-49-43(15-1)17-13-25-51(49)45-31-35-59-57-23-7-11-29-65(57)70(67(59)39-45)47-33-37-55-56-38-34-48(42-64(56)69(63(55)41-47)61-27-9-5-21-53(61)54-22-6-10-28-62(54)69)71-66-30-12-8-24-58(66)60-36-32-46(40-68(60)71)52-26-14-18-44-16-2-4-20-50(44)52/h1-37,39-42,56H,38H2. The Morgan fingerprint density at radius 3 is 1.45 bits per heavy atom. The molecule has 0 N–H and O–H groups in total. The maximum absolute atomic E-state index is 2.60. The minimum atomic E-state index is -0.498. The van der Waals surface area contributed by atoms with Crippen molar-refractivity contribution in [2.45, 2.75) is 17.8 Å². The Kier molecular flexibility index (Phi) is 7.96. The first-order valence-electron chi connectivity index (χ1n) is 25.0. The fourth-order valence-corrected chi connectivity index (χ4v) is 13.6. The van der Waals surface area contributed by atoms with Gasteiger partial charge in [-0.3, -0.25) is 0 Å². The Hall–Kier alpha value is -8.98. The van der Waals surface area contributed by atoms with Gasteiger partial charge in [-0.2, -0.15) is 0 Å². The van der Waals surface area contributed by atoms with E-state index in [4.69, 9.17) is 0 Å². The van der Waals surface area contributed by atoms with Crippen LogP contribution < -0.4 is 0 Å². The molecule has 0 fully saturated rings. The summed E-state index contributed by atoms with van der Waals surface area (Å²) in [5.41, 5.74) is 21.4. The Morgan fingerprint density at radius 1 is 0.352 bits per heavy atom. The summed E-state index contributed by atoms with van der Waals surface area (Å²) in [5.74, 6) is 0.206. The molecule has 3 aliphatic carbocycles. The van der Waals surface area contributed by atoms with Crippen LogP contribution in [-0.4, -0.2) is 9.13 Å². The second-order valence-corrected chi connectivity index (χ2v) is 19.9. The van der Waals surface area contributed by atoms with E-state index in [9.17, 15) is 0 Å². The van der Waals surface area contributed by atoms with Crippen LogP contribution in [0, 0.1) is 0 Å². The van der Waals surface area contributed by atoms with E-state index in [2.05, 4.69) is 258 Å². The van der Waals surface area contributed by atoms with Crippen LogP contribution in [0.3, 0.4) is 0 Å². The lowest BCUT2D eigenvalue weighted by Gasteiger charge is -2.34. The van der Waals surface area contributed by atoms with Crippen LogP contribution in [0.15, 0.2) is 254 Å². The predicted molar refractivity (Wildman–Crippen MR) is 298 cm³/mol. The third-order valence-electron chi connectivity index (χ3n) is 16.5. The predicted octanol–water partition coefficient (Wildman–Crippen LogP) is 17.8. The van der Waals surface area contributed by atoms with Crippen LogP contribution in [0.1, 0.15) is 34.6 Å². The summed E-state index contributed by atoms with van der Waals surface area (Å²) < 4.78 is 5.09. The van der Waals surface area contributed by atoms with Gasteiger partial charge in [0.1, 0.15) is 0 Å². The number of nitrogens with zero attached hydrogens (tertiary/aromatic N) is 2. The Labute approximate surface area is 411 Å². The molecule has 0 aliphatic heterocycles. The van der Waals surface area contributed by atoms with Crippen LogP contribution in [-0.2, 0) is 5.41 Å². The molecule has 0 amide bonds. The highest BCUT2D eigenvalue weighted by Crippen LogP contribution is 2.66. The molecule has 2 heteroatoms. The summed E-state index contributed by atoms with van der Waals surface area (Å²) in [4.78, 5) is 0. The highest BCUT2D eigenvalue weighted by Gasteiger charge is 2.55. The molecule has 2 nitrogen and oxygen atoms in total. The van der Waals surface area contributed by atoms with Crippen molar-refractivity contribution in [3.8, 4) is 39.1 Å². The molecule has 0 saturated carbocycles. The number of fused-ring (bicyclic) bond motifs is 18. The first kappa shape index (κ1) is 38.9. The maximum Gasteiger partial charge on any atom is 0.0686 e. The van der Waals surface area contributed by atoms with Crippen LogP contribution in [0.5, 0.6) is 0 Å². The molecule has 2 aromatic heterocycles. The van der Waals surface area contributed by atoms with E-state index in [0.29, 0.717) is 0 Å². The molecule has 2 heterocycles. The smallest absolute Gasteiger partial charge is 0.0686 e. The molecule has 0 bridgehead atoms. The Balaban J connectivity index is 0.936. The monoisotopic (exact) mass is 900 g/mol. The molecule has 1 atom stereocenters. The van der Waals surface area contributed by atoms with Crippen molar-refractivity contribution in [1.82, 2.24) is 9.13 Å². The summed E-state index contributed by atoms with van der Waals surface area (Å²) in [6, 6.07) is 88.9. The van der Waals surface area contributed by atoms with Gasteiger partial charge in [0.25, 0.3) is 0 Å². The average Bonchev–Trinajstić information content (AvgIpc) is 4.14. The van der Waals surface area contributed by atoms with Crippen LogP contribution >= 0.6 is 0 Å². The number of allylic oxidation sites excluding steroid dienone is 4. The zero-order valence-electron chi connectivity index (χ0n) is 38.9. The van der Waals surface area contributed by atoms with Gasteiger partial charge in [0.2, 0.25) is 0 Å². The number of aromatic nitrogens is 2. The number of rotatable bonds is 4. The lowest BCUT2D eigenvalue weighted by Crippen LogP contribution is -2.28. The molecule has 330 valence electrons. The van der Waals surface area contributed by atoms with Crippen molar-refractivity contribution in [3.05, 3.63) is 277 Å². The molecule has 0 saturated heterocycles. The summed E-state index contributed by atoms with van der Waals surface area (Å²) in [6.07, 6.45) is 6.02. The van der Waals surface area contributed by atoms with Gasteiger partial charge in [-0.05, 0) is 132 Å². The number of benzene rings is 11. The van der Waals surface area contributed by atoms with Gasteiger partial charge in [-0.15, -0.1) is 0 Å². The summed E-state index contributed by atoms with van der Waals surface area (Å²) in [5, 5.41) is 10.1. The van der Waals surface area contributed by atoms with Crippen molar-refractivity contribution in [1.29, 1.82) is 0 Å². The second-order valence-electron chi connectivity index (χ2n) is 19.9.